The van der Waals surface area contributed by atoms with E-state index in [0.29, 0.717) is 17.9 Å². The highest BCUT2D eigenvalue weighted by molar-refractivity contribution is 5.75. The molecule has 2 aliphatic carbocycles. The number of unbranched alkanes of at least 4 members (excludes halogenated alkanes) is 5. The molecule has 0 aromatic heterocycles. The fraction of sp³-hybridized carbons (Fsp3) is 0.742. The summed E-state index contributed by atoms with van der Waals surface area (Å²) in [5, 5.41) is 0. The highest BCUT2D eigenvalue weighted by Gasteiger charge is 2.33. The zero-order valence-electron chi connectivity index (χ0n) is 22.3. The van der Waals surface area contributed by atoms with Gasteiger partial charge in [-0.3, -0.25) is 9.59 Å². The summed E-state index contributed by atoms with van der Waals surface area (Å²) in [6.07, 6.45) is 20.9. The molecule has 196 valence electrons. The third-order valence-electron chi connectivity index (χ3n) is 8.36. The summed E-state index contributed by atoms with van der Waals surface area (Å²) in [5.74, 6) is 3.31. The number of ether oxygens (including phenoxy) is 2. The second-order valence-corrected chi connectivity index (χ2v) is 11.1. The maximum Gasteiger partial charge on any atom is 0.314 e. The Hall–Kier alpha value is -1.84. The van der Waals surface area contributed by atoms with Gasteiger partial charge in [-0.05, 0) is 87.0 Å². The minimum atomic E-state index is -0.236. The smallest absolute Gasteiger partial charge is 0.314 e. The molecule has 1 aromatic carbocycles. The third kappa shape index (κ3) is 9.61. The Balaban J connectivity index is 1.31. The van der Waals surface area contributed by atoms with Gasteiger partial charge in [-0.15, -0.1) is 0 Å². The van der Waals surface area contributed by atoms with Crippen LogP contribution in [0.15, 0.2) is 24.3 Å². The lowest BCUT2D eigenvalue weighted by atomic mass is 9.68. The summed E-state index contributed by atoms with van der Waals surface area (Å²) in [7, 11) is 0. The van der Waals surface area contributed by atoms with Gasteiger partial charge in [0.15, 0.2) is 0 Å². The molecule has 0 atom stereocenters. The number of hydrogen-bond donors (Lipinski definition) is 0. The van der Waals surface area contributed by atoms with Crippen molar-refractivity contribution in [2.75, 3.05) is 0 Å². The minimum Gasteiger partial charge on any atom is -0.427 e. The first kappa shape index (κ1) is 27.7. The van der Waals surface area contributed by atoms with Gasteiger partial charge >= 0.3 is 11.9 Å². The molecule has 0 unspecified atom stereocenters. The van der Waals surface area contributed by atoms with E-state index >= 15 is 0 Å². The third-order valence-corrected chi connectivity index (χ3v) is 8.36. The van der Waals surface area contributed by atoms with Gasteiger partial charge in [0.1, 0.15) is 11.5 Å². The Bertz CT molecular complexity index is 740. The molecule has 2 saturated carbocycles. The second-order valence-electron chi connectivity index (χ2n) is 11.1. The van der Waals surface area contributed by atoms with Gasteiger partial charge in [-0.25, -0.2) is 0 Å². The van der Waals surface area contributed by atoms with Gasteiger partial charge in [0.05, 0.1) is 5.92 Å². The Morgan fingerprint density at radius 2 is 1.23 bits per heavy atom. The highest BCUT2D eigenvalue weighted by atomic mass is 16.5. The van der Waals surface area contributed by atoms with E-state index in [9.17, 15) is 9.59 Å². The van der Waals surface area contributed by atoms with Crippen molar-refractivity contribution in [2.45, 2.75) is 123 Å². The zero-order chi connectivity index (χ0) is 24.9. The first-order chi connectivity index (χ1) is 17.1. The molecule has 0 aliphatic heterocycles. The van der Waals surface area contributed by atoms with Crippen LogP contribution in [0.1, 0.15) is 123 Å². The Labute approximate surface area is 213 Å². The topological polar surface area (TPSA) is 52.6 Å². The van der Waals surface area contributed by atoms with E-state index in [1.807, 2.05) is 6.92 Å². The Morgan fingerprint density at radius 1 is 0.686 bits per heavy atom. The molecule has 2 aliphatic rings. The Kier molecular flexibility index (Phi) is 12.1. The van der Waals surface area contributed by atoms with Crippen molar-refractivity contribution in [1.82, 2.24) is 0 Å². The van der Waals surface area contributed by atoms with Gasteiger partial charge < -0.3 is 9.47 Å². The first-order valence-electron chi connectivity index (χ1n) is 14.6. The summed E-state index contributed by atoms with van der Waals surface area (Å²) < 4.78 is 10.9. The van der Waals surface area contributed by atoms with Crippen LogP contribution >= 0.6 is 0 Å². The van der Waals surface area contributed by atoms with E-state index in [-0.39, 0.29) is 17.9 Å². The van der Waals surface area contributed by atoms with Crippen LogP contribution in [0.2, 0.25) is 0 Å². The summed E-state index contributed by atoms with van der Waals surface area (Å²) >= 11 is 0. The molecule has 0 radical (unpaired) electrons. The SMILES string of the molecule is CCCCCCCCC1CCC(C2CCC(C(=O)Oc3ccc(OC(=O)CCC)cc3)CC2)CC1. The normalized spacial score (nSPS) is 24.6. The van der Waals surface area contributed by atoms with Crippen LogP contribution in [0, 0.1) is 23.7 Å². The van der Waals surface area contributed by atoms with Crippen molar-refractivity contribution in [1.29, 1.82) is 0 Å². The van der Waals surface area contributed by atoms with E-state index < -0.39 is 0 Å². The maximum absolute atomic E-state index is 12.7. The molecule has 0 spiro atoms. The Morgan fingerprint density at radius 3 is 1.83 bits per heavy atom. The van der Waals surface area contributed by atoms with Crippen LogP contribution < -0.4 is 9.47 Å². The van der Waals surface area contributed by atoms with Crippen LogP contribution in [0.4, 0.5) is 0 Å². The zero-order valence-corrected chi connectivity index (χ0v) is 22.3. The van der Waals surface area contributed by atoms with E-state index in [4.69, 9.17) is 9.47 Å². The molecule has 1 aromatic rings. The van der Waals surface area contributed by atoms with Crippen LogP contribution in [-0.4, -0.2) is 11.9 Å². The molecular weight excluding hydrogens is 436 g/mol. The molecule has 2 fully saturated rings. The highest BCUT2D eigenvalue weighted by Crippen LogP contribution is 2.42. The van der Waals surface area contributed by atoms with E-state index in [1.165, 1.54) is 83.5 Å². The molecular formula is C31H48O4. The standard InChI is InChI=1S/C31H48O4/c1-3-5-6-7-8-9-11-24-12-14-25(15-13-24)26-16-18-27(19-17-26)31(33)35-29-22-20-28(21-23-29)34-30(32)10-4-2/h20-27H,3-19H2,1-2H3. The van der Waals surface area contributed by atoms with E-state index in [2.05, 4.69) is 6.92 Å². The number of rotatable bonds is 13. The van der Waals surface area contributed by atoms with Gasteiger partial charge in [-0.2, -0.15) is 0 Å². The lowest BCUT2D eigenvalue weighted by molar-refractivity contribution is -0.140. The van der Waals surface area contributed by atoms with Crippen molar-refractivity contribution in [3.05, 3.63) is 24.3 Å². The van der Waals surface area contributed by atoms with Crippen LogP contribution in [0.3, 0.4) is 0 Å². The van der Waals surface area contributed by atoms with Crippen LogP contribution in [0.25, 0.3) is 0 Å². The lowest BCUT2D eigenvalue weighted by Gasteiger charge is -2.37. The summed E-state index contributed by atoms with van der Waals surface area (Å²) in [6.45, 7) is 4.23. The molecule has 4 heteroatoms. The molecule has 0 amide bonds. The largest absolute Gasteiger partial charge is 0.427 e. The van der Waals surface area contributed by atoms with Crippen molar-refractivity contribution >= 4 is 11.9 Å². The summed E-state index contributed by atoms with van der Waals surface area (Å²) in [5.41, 5.74) is 0. The maximum atomic E-state index is 12.7. The molecule has 0 bridgehead atoms. The van der Waals surface area contributed by atoms with Gasteiger partial charge in [0.2, 0.25) is 0 Å². The molecule has 0 heterocycles. The monoisotopic (exact) mass is 484 g/mol. The van der Waals surface area contributed by atoms with E-state index in [1.54, 1.807) is 24.3 Å². The lowest BCUT2D eigenvalue weighted by Crippen LogP contribution is -2.30. The summed E-state index contributed by atoms with van der Waals surface area (Å²) in [4.78, 5) is 24.3. The average Bonchev–Trinajstić information content (AvgIpc) is 2.88. The summed E-state index contributed by atoms with van der Waals surface area (Å²) in [6, 6.07) is 6.80. The molecule has 0 N–H and O–H groups in total. The fourth-order valence-electron chi connectivity index (χ4n) is 6.15. The van der Waals surface area contributed by atoms with Gasteiger partial charge in [0.25, 0.3) is 0 Å². The van der Waals surface area contributed by atoms with Gasteiger partial charge in [-0.1, -0.05) is 71.6 Å². The molecule has 3 rings (SSSR count). The number of carbonyl (C=O) groups excluding carboxylic acids is 2. The average molecular weight is 485 g/mol. The number of carbonyl (C=O) groups is 2. The van der Waals surface area contributed by atoms with Crippen molar-refractivity contribution in [3.63, 3.8) is 0 Å². The fourth-order valence-corrected chi connectivity index (χ4v) is 6.15. The van der Waals surface area contributed by atoms with Crippen molar-refractivity contribution in [3.8, 4) is 11.5 Å². The first-order valence-corrected chi connectivity index (χ1v) is 14.6. The van der Waals surface area contributed by atoms with Crippen LogP contribution in [0.5, 0.6) is 11.5 Å². The predicted octanol–water partition coefficient (Wildman–Crippen LogP) is 8.66. The van der Waals surface area contributed by atoms with Crippen LogP contribution in [-0.2, 0) is 9.59 Å². The molecule has 4 nitrogen and oxygen atoms in total. The second kappa shape index (κ2) is 15.3. The number of esters is 2. The molecule has 35 heavy (non-hydrogen) atoms. The quantitative estimate of drug-likeness (QED) is 0.160. The van der Waals surface area contributed by atoms with E-state index in [0.717, 1.165) is 37.0 Å². The minimum absolute atomic E-state index is 0.0114. The molecule has 0 saturated heterocycles. The van der Waals surface area contributed by atoms with Crippen molar-refractivity contribution < 1.29 is 19.1 Å². The van der Waals surface area contributed by atoms with Gasteiger partial charge in [0, 0.05) is 6.42 Å². The number of hydrogen-bond acceptors (Lipinski definition) is 4. The van der Waals surface area contributed by atoms with Crippen molar-refractivity contribution in [2.24, 2.45) is 23.7 Å². The predicted molar refractivity (Wildman–Crippen MR) is 142 cm³/mol. The number of benzene rings is 1.